The second-order valence-electron chi connectivity index (χ2n) is 3.91. The highest BCUT2D eigenvalue weighted by Crippen LogP contribution is 2.32. The summed E-state index contributed by atoms with van der Waals surface area (Å²) in [6.07, 6.45) is 0.909. The number of methoxy groups -OCH3 is 1. The monoisotopic (exact) mass is 261 g/mol. The molecule has 0 saturated heterocycles. The SMILES string of the molecule is CCc1nc(C)c(-c2ccccc2C(=O)OC)s1. The molecule has 18 heavy (non-hydrogen) atoms. The zero-order valence-corrected chi connectivity index (χ0v) is 11.5. The van der Waals surface area contributed by atoms with Gasteiger partial charge in [-0.05, 0) is 19.4 Å². The lowest BCUT2D eigenvalue weighted by atomic mass is 10.1. The summed E-state index contributed by atoms with van der Waals surface area (Å²) in [7, 11) is 1.40. The molecule has 0 radical (unpaired) electrons. The van der Waals surface area contributed by atoms with Crippen molar-refractivity contribution in [2.45, 2.75) is 20.3 Å². The molecule has 3 nitrogen and oxygen atoms in total. The molecule has 0 atom stereocenters. The van der Waals surface area contributed by atoms with Crippen LogP contribution < -0.4 is 0 Å². The molecule has 0 fully saturated rings. The summed E-state index contributed by atoms with van der Waals surface area (Å²) in [5.74, 6) is -0.309. The Morgan fingerprint density at radius 3 is 2.72 bits per heavy atom. The Bertz CT molecular complexity index is 575. The molecule has 94 valence electrons. The number of aromatic nitrogens is 1. The molecule has 0 N–H and O–H groups in total. The zero-order valence-electron chi connectivity index (χ0n) is 10.7. The molecule has 2 aromatic rings. The average molecular weight is 261 g/mol. The van der Waals surface area contributed by atoms with E-state index in [1.165, 1.54) is 7.11 Å². The quantitative estimate of drug-likeness (QED) is 0.794. The molecule has 0 bridgehead atoms. The number of ether oxygens (including phenoxy) is 1. The number of carbonyl (C=O) groups is 1. The van der Waals surface area contributed by atoms with Gasteiger partial charge in [0, 0.05) is 5.56 Å². The first-order valence-electron chi connectivity index (χ1n) is 5.81. The highest BCUT2D eigenvalue weighted by molar-refractivity contribution is 7.15. The minimum atomic E-state index is -0.309. The predicted molar refractivity (Wildman–Crippen MR) is 73.0 cm³/mol. The fourth-order valence-corrected chi connectivity index (χ4v) is 2.87. The van der Waals surface area contributed by atoms with E-state index in [0.717, 1.165) is 27.6 Å². The highest BCUT2D eigenvalue weighted by atomic mass is 32.1. The van der Waals surface area contributed by atoms with E-state index in [-0.39, 0.29) is 5.97 Å². The van der Waals surface area contributed by atoms with E-state index in [2.05, 4.69) is 11.9 Å². The van der Waals surface area contributed by atoms with E-state index in [0.29, 0.717) is 5.56 Å². The van der Waals surface area contributed by atoms with E-state index >= 15 is 0 Å². The maximum Gasteiger partial charge on any atom is 0.338 e. The number of rotatable bonds is 3. The van der Waals surface area contributed by atoms with E-state index in [1.54, 1.807) is 17.4 Å². The lowest BCUT2D eigenvalue weighted by Gasteiger charge is -2.06. The first kappa shape index (κ1) is 12.8. The van der Waals surface area contributed by atoms with Gasteiger partial charge in [0.25, 0.3) is 0 Å². The second kappa shape index (κ2) is 5.31. The van der Waals surface area contributed by atoms with Crippen molar-refractivity contribution in [1.82, 2.24) is 4.98 Å². The van der Waals surface area contributed by atoms with Crippen LogP contribution in [0.15, 0.2) is 24.3 Å². The molecule has 0 aliphatic rings. The maximum atomic E-state index is 11.8. The van der Waals surface area contributed by atoms with Crippen molar-refractivity contribution in [1.29, 1.82) is 0 Å². The summed E-state index contributed by atoms with van der Waals surface area (Å²) >= 11 is 1.64. The van der Waals surface area contributed by atoms with Gasteiger partial charge in [0.1, 0.15) is 0 Å². The van der Waals surface area contributed by atoms with Gasteiger partial charge in [-0.2, -0.15) is 0 Å². The van der Waals surface area contributed by atoms with Crippen molar-refractivity contribution in [3.05, 3.63) is 40.5 Å². The van der Waals surface area contributed by atoms with Gasteiger partial charge in [0.2, 0.25) is 0 Å². The standard InChI is InChI=1S/C14H15NO2S/c1-4-12-15-9(2)13(18-12)10-7-5-6-8-11(10)14(16)17-3/h5-8H,4H2,1-3H3. The van der Waals surface area contributed by atoms with Crippen LogP contribution in [0.25, 0.3) is 10.4 Å². The van der Waals surface area contributed by atoms with Gasteiger partial charge < -0.3 is 4.74 Å². The molecule has 0 saturated carbocycles. The van der Waals surface area contributed by atoms with Crippen LogP contribution in [0.3, 0.4) is 0 Å². The minimum Gasteiger partial charge on any atom is -0.465 e. The molecule has 2 rings (SSSR count). The highest BCUT2D eigenvalue weighted by Gasteiger charge is 2.16. The van der Waals surface area contributed by atoms with Crippen LogP contribution in [0.5, 0.6) is 0 Å². The van der Waals surface area contributed by atoms with E-state index < -0.39 is 0 Å². The Morgan fingerprint density at radius 2 is 2.11 bits per heavy atom. The molecule has 0 amide bonds. The van der Waals surface area contributed by atoms with Gasteiger partial charge in [-0.3, -0.25) is 0 Å². The summed E-state index contributed by atoms with van der Waals surface area (Å²) in [5, 5.41) is 1.09. The average Bonchev–Trinajstić information content (AvgIpc) is 2.79. The topological polar surface area (TPSA) is 39.2 Å². The Hall–Kier alpha value is -1.68. The third-order valence-corrected chi connectivity index (χ3v) is 4.06. The number of hydrogen-bond donors (Lipinski definition) is 0. The lowest BCUT2D eigenvalue weighted by Crippen LogP contribution is -2.03. The molecule has 1 heterocycles. The van der Waals surface area contributed by atoms with Crippen LogP contribution in [-0.2, 0) is 11.2 Å². The number of benzene rings is 1. The van der Waals surface area contributed by atoms with Crippen molar-refractivity contribution in [2.24, 2.45) is 0 Å². The minimum absolute atomic E-state index is 0.309. The molecule has 0 spiro atoms. The number of esters is 1. The number of hydrogen-bond acceptors (Lipinski definition) is 4. The van der Waals surface area contributed by atoms with Gasteiger partial charge in [-0.1, -0.05) is 25.1 Å². The summed E-state index contributed by atoms with van der Waals surface area (Å²) in [6, 6.07) is 7.48. The molecule has 1 aromatic carbocycles. The van der Waals surface area contributed by atoms with Crippen LogP contribution in [-0.4, -0.2) is 18.1 Å². The van der Waals surface area contributed by atoms with Gasteiger partial charge in [-0.15, -0.1) is 11.3 Å². The van der Waals surface area contributed by atoms with Gasteiger partial charge in [0.05, 0.1) is 28.3 Å². The normalized spacial score (nSPS) is 10.4. The summed E-state index contributed by atoms with van der Waals surface area (Å²) in [5.41, 5.74) is 2.46. The third kappa shape index (κ3) is 2.29. The van der Waals surface area contributed by atoms with Crippen molar-refractivity contribution < 1.29 is 9.53 Å². The van der Waals surface area contributed by atoms with Crippen molar-refractivity contribution in [3.8, 4) is 10.4 Å². The van der Waals surface area contributed by atoms with Crippen LogP contribution in [0, 0.1) is 6.92 Å². The van der Waals surface area contributed by atoms with Crippen molar-refractivity contribution in [2.75, 3.05) is 7.11 Å². The molecule has 0 aliphatic carbocycles. The van der Waals surface area contributed by atoms with E-state index in [1.807, 2.05) is 25.1 Å². The van der Waals surface area contributed by atoms with Crippen LogP contribution in [0.2, 0.25) is 0 Å². The first-order chi connectivity index (χ1) is 8.67. The van der Waals surface area contributed by atoms with E-state index in [4.69, 9.17) is 4.74 Å². The Balaban J connectivity index is 2.56. The zero-order chi connectivity index (χ0) is 13.1. The summed E-state index contributed by atoms with van der Waals surface area (Å²) in [6.45, 7) is 4.05. The molecular formula is C14H15NO2S. The summed E-state index contributed by atoms with van der Waals surface area (Å²) < 4.78 is 4.82. The number of nitrogens with zero attached hydrogens (tertiary/aromatic N) is 1. The largest absolute Gasteiger partial charge is 0.465 e. The van der Waals surface area contributed by atoms with Gasteiger partial charge in [0.15, 0.2) is 0 Å². The predicted octanol–water partition coefficient (Wildman–Crippen LogP) is 3.47. The summed E-state index contributed by atoms with van der Waals surface area (Å²) in [4.78, 5) is 17.3. The van der Waals surface area contributed by atoms with Crippen LogP contribution in [0.1, 0.15) is 28.0 Å². The Kier molecular flexibility index (Phi) is 3.77. The van der Waals surface area contributed by atoms with Crippen LogP contribution in [0.4, 0.5) is 0 Å². The number of carbonyl (C=O) groups excluding carboxylic acids is 1. The van der Waals surface area contributed by atoms with Gasteiger partial charge >= 0.3 is 5.97 Å². The number of aryl methyl sites for hydroxylation is 2. The third-order valence-electron chi connectivity index (χ3n) is 2.72. The lowest BCUT2D eigenvalue weighted by molar-refractivity contribution is 0.0601. The Labute approximate surface area is 110 Å². The first-order valence-corrected chi connectivity index (χ1v) is 6.63. The smallest absolute Gasteiger partial charge is 0.338 e. The van der Waals surface area contributed by atoms with E-state index in [9.17, 15) is 4.79 Å². The Morgan fingerprint density at radius 1 is 1.39 bits per heavy atom. The maximum absolute atomic E-state index is 11.8. The molecule has 0 unspecified atom stereocenters. The molecular weight excluding hydrogens is 246 g/mol. The van der Waals surface area contributed by atoms with Crippen molar-refractivity contribution >= 4 is 17.3 Å². The van der Waals surface area contributed by atoms with Crippen molar-refractivity contribution in [3.63, 3.8) is 0 Å². The van der Waals surface area contributed by atoms with Gasteiger partial charge in [-0.25, -0.2) is 9.78 Å². The number of thiazole rings is 1. The molecule has 4 heteroatoms. The van der Waals surface area contributed by atoms with Crippen LogP contribution >= 0.6 is 11.3 Å². The molecule has 1 aromatic heterocycles. The fourth-order valence-electron chi connectivity index (χ4n) is 1.82. The molecule has 0 aliphatic heterocycles. The fraction of sp³-hybridized carbons (Fsp3) is 0.286. The second-order valence-corrected chi connectivity index (χ2v) is 5.00.